The fourth-order valence-electron chi connectivity index (χ4n) is 0.597. The second-order valence-electron chi connectivity index (χ2n) is 1.88. The van der Waals surface area contributed by atoms with Crippen molar-refractivity contribution in [3.8, 4) is 0 Å². The van der Waals surface area contributed by atoms with Crippen LogP contribution in [0, 0.1) is 0 Å². The van der Waals surface area contributed by atoms with Crippen LogP contribution in [0.15, 0.2) is 24.4 Å². The highest BCUT2D eigenvalue weighted by molar-refractivity contribution is 9.10. The van der Waals surface area contributed by atoms with Gasteiger partial charge in [0.2, 0.25) is 0 Å². The van der Waals surface area contributed by atoms with Crippen LogP contribution in [0.25, 0.3) is 0 Å². The van der Waals surface area contributed by atoms with E-state index < -0.39 is 4.45 Å². The Morgan fingerprint density at radius 1 is 1.56 bits per heavy atom. The first kappa shape index (κ1) is 6.83. The number of halogens is 1. The molecule has 0 aromatic heterocycles. The SMILES string of the molecule is OC[C@]1(Br)C=CC=CN1. The van der Waals surface area contributed by atoms with E-state index in [9.17, 15) is 0 Å². The van der Waals surface area contributed by atoms with Gasteiger partial charge in [0, 0.05) is 0 Å². The van der Waals surface area contributed by atoms with E-state index in [2.05, 4.69) is 21.2 Å². The zero-order chi connectivity index (χ0) is 6.74. The molecule has 3 heteroatoms. The summed E-state index contributed by atoms with van der Waals surface area (Å²) in [6.07, 6.45) is 7.38. The molecule has 0 amide bonds. The lowest BCUT2D eigenvalue weighted by atomic mass is 10.2. The van der Waals surface area contributed by atoms with Crippen molar-refractivity contribution in [2.75, 3.05) is 6.61 Å². The lowest BCUT2D eigenvalue weighted by Crippen LogP contribution is -2.38. The molecule has 0 bridgehead atoms. The largest absolute Gasteiger partial charge is 0.393 e. The van der Waals surface area contributed by atoms with Crippen LogP contribution < -0.4 is 5.32 Å². The molecule has 1 aliphatic heterocycles. The summed E-state index contributed by atoms with van der Waals surface area (Å²) in [4.78, 5) is 0. The summed E-state index contributed by atoms with van der Waals surface area (Å²) >= 11 is 3.30. The Balaban J connectivity index is 2.63. The Labute approximate surface area is 62.4 Å². The maximum atomic E-state index is 8.76. The lowest BCUT2D eigenvalue weighted by Gasteiger charge is -2.23. The lowest BCUT2D eigenvalue weighted by molar-refractivity contribution is 0.261. The van der Waals surface area contributed by atoms with Crippen molar-refractivity contribution in [3.63, 3.8) is 0 Å². The summed E-state index contributed by atoms with van der Waals surface area (Å²) in [6.45, 7) is 0.0494. The van der Waals surface area contributed by atoms with Gasteiger partial charge in [-0.15, -0.1) is 0 Å². The number of aliphatic hydroxyl groups excluding tert-OH is 1. The molecule has 0 saturated carbocycles. The molecule has 9 heavy (non-hydrogen) atoms. The highest BCUT2D eigenvalue weighted by atomic mass is 79.9. The molecule has 1 rings (SSSR count). The van der Waals surface area contributed by atoms with Gasteiger partial charge < -0.3 is 10.4 Å². The first-order valence-corrected chi connectivity index (χ1v) is 3.48. The van der Waals surface area contributed by atoms with Crippen molar-refractivity contribution < 1.29 is 5.11 Å². The van der Waals surface area contributed by atoms with Crippen molar-refractivity contribution in [1.82, 2.24) is 5.32 Å². The molecule has 0 spiro atoms. The molecule has 1 atom stereocenters. The molecule has 0 aromatic rings. The van der Waals surface area contributed by atoms with Crippen molar-refractivity contribution in [2.45, 2.75) is 4.45 Å². The van der Waals surface area contributed by atoms with E-state index in [1.54, 1.807) is 6.20 Å². The third kappa shape index (κ3) is 1.56. The number of aliphatic hydroxyl groups is 1. The van der Waals surface area contributed by atoms with Crippen molar-refractivity contribution in [1.29, 1.82) is 0 Å². The topological polar surface area (TPSA) is 32.3 Å². The van der Waals surface area contributed by atoms with Crippen molar-refractivity contribution in [3.05, 3.63) is 24.4 Å². The van der Waals surface area contributed by atoms with E-state index in [0.29, 0.717) is 0 Å². The number of dihydropyridines is 1. The van der Waals surface area contributed by atoms with Crippen molar-refractivity contribution >= 4 is 15.9 Å². The summed E-state index contributed by atoms with van der Waals surface area (Å²) < 4.78 is -0.429. The molecule has 0 aromatic carbocycles. The Bertz CT molecular complexity index is 155. The van der Waals surface area contributed by atoms with E-state index in [1.165, 1.54) is 0 Å². The Hall–Kier alpha value is -0.280. The molecule has 0 unspecified atom stereocenters. The molecule has 2 nitrogen and oxygen atoms in total. The molecule has 0 aliphatic carbocycles. The number of hydrogen-bond donors (Lipinski definition) is 2. The smallest absolute Gasteiger partial charge is 0.135 e. The Morgan fingerprint density at radius 3 is 2.67 bits per heavy atom. The third-order valence-electron chi connectivity index (χ3n) is 1.12. The van der Waals surface area contributed by atoms with Gasteiger partial charge in [-0.1, -0.05) is 22.0 Å². The molecule has 1 heterocycles. The van der Waals surface area contributed by atoms with E-state index >= 15 is 0 Å². The number of allylic oxidation sites excluding steroid dienone is 2. The average Bonchev–Trinajstić information content (AvgIpc) is 1.90. The van der Waals surface area contributed by atoms with Crippen LogP contribution in [0.2, 0.25) is 0 Å². The average molecular weight is 190 g/mol. The predicted octanol–water partition coefficient (Wildman–Crippen LogP) is 0.743. The minimum Gasteiger partial charge on any atom is -0.393 e. The standard InChI is InChI=1S/C6H8BrNO/c7-6(5-9)3-1-2-4-8-6/h1-4,8-9H,5H2/t6-/m0/s1. The third-order valence-corrected chi connectivity index (χ3v) is 1.87. The first-order chi connectivity index (χ1) is 4.27. The monoisotopic (exact) mass is 189 g/mol. The predicted molar refractivity (Wildman–Crippen MR) is 40.2 cm³/mol. The van der Waals surface area contributed by atoms with Gasteiger partial charge in [0.15, 0.2) is 0 Å². The quantitative estimate of drug-likeness (QED) is 0.472. The number of hydrogen-bond acceptors (Lipinski definition) is 2. The minimum atomic E-state index is -0.429. The van der Waals surface area contributed by atoms with Crippen LogP contribution in [-0.4, -0.2) is 16.2 Å². The van der Waals surface area contributed by atoms with Crippen molar-refractivity contribution in [2.24, 2.45) is 0 Å². The summed E-state index contributed by atoms with van der Waals surface area (Å²) in [5.41, 5.74) is 0. The molecular weight excluding hydrogens is 182 g/mol. The molecular formula is C6H8BrNO. The highest BCUT2D eigenvalue weighted by Crippen LogP contribution is 2.17. The maximum Gasteiger partial charge on any atom is 0.135 e. The molecule has 1 aliphatic rings. The van der Waals surface area contributed by atoms with Crippen LogP contribution in [-0.2, 0) is 0 Å². The van der Waals surface area contributed by atoms with Gasteiger partial charge >= 0.3 is 0 Å². The van der Waals surface area contributed by atoms with Gasteiger partial charge in [-0.05, 0) is 18.4 Å². The molecule has 50 valence electrons. The zero-order valence-electron chi connectivity index (χ0n) is 4.84. The van der Waals surface area contributed by atoms with Gasteiger partial charge in [0.1, 0.15) is 4.45 Å². The number of nitrogens with one attached hydrogen (secondary N) is 1. The van der Waals surface area contributed by atoms with Gasteiger partial charge in [-0.25, -0.2) is 0 Å². The number of alkyl halides is 1. The maximum absolute atomic E-state index is 8.76. The highest BCUT2D eigenvalue weighted by Gasteiger charge is 2.20. The molecule has 0 saturated heterocycles. The van der Waals surface area contributed by atoms with E-state index in [-0.39, 0.29) is 6.61 Å². The van der Waals surface area contributed by atoms with Crippen LogP contribution in [0.1, 0.15) is 0 Å². The Kier molecular flexibility index (Phi) is 1.93. The first-order valence-electron chi connectivity index (χ1n) is 2.69. The normalized spacial score (nSPS) is 32.2. The second-order valence-corrected chi connectivity index (χ2v) is 3.30. The fourth-order valence-corrected chi connectivity index (χ4v) is 0.882. The summed E-state index contributed by atoms with van der Waals surface area (Å²) in [5.74, 6) is 0. The van der Waals surface area contributed by atoms with Crippen LogP contribution in [0.4, 0.5) is 0 Å². The molecule has 2 N–H and O–H groups in total. The van der Waals surface area contributed by atoms with Crippen LogP contribution >= 0.6 is 15.9 Å². The minimum absolute atomic E-state index is 0.0494. The number of rotatable bonds is 1. The van der Waals surface area contributed by atoms with Gasteiger partial charge in [0.05, 0.1) is 6.61 Å². The van der Waals surface area contributed by atoms with E-state index in [4.69, 9.17) is 5.11 Å². The summed E-state index contributed by atoms with van der Waals surface area (Å²) in [6, 6.07) is 0. The molecule has 0 fully saturated rings. The summed E-state index contributed by atoms with van der Waals surface area (Å²) in [7, 11) is 0. The fraction of sp³-hybridized carbons (Fsp3) is 0.333. The van der Waals surface area contributed by atoms with E-state index in [1.807, 2.05) is 18.2 Å². The van der Waals surface area contributed by atoms with Crippen LogP contribution in [0.5, 0.6) is 0 Å². The Morgan fingerprint density at radius 2 is 2.33 bits per heavy atom. The van der Waals surface area contributed by atoms with Gasteiger partial charge in [-0.2, -0.15) is 0 Å². The van der Waals surface area contributed by atoms with Crippen LogP contribution in [0.3, 0.4) is 0 Å². The second kappa shape index (κ2) is 2.54. The summed E-state index contributed by atoms with van der Waals surface area (Å²) in [5, 5.41) is 11.7. The molecule has 0 radical (unpaired) electrons. The van der Waals surface area contributed by atoms with Gasteiger partial charge in [0.25, 0.3) is 0 Å². The van der Waals surface area contributed by atoms with Gasteiger partial charge in [-0.3, -0.25) is 0 Å². The zero-order valence-corrected chi connectivity index (χ0v) is 6.43. The van der Waals surface area contributed by atoms with E-state index in [0.717, 1.165) is 0 Å².